The molecular formula is C15H21FN2O. The molecule has 0 bridgehead atoms. The van der Waals surface area contributed by atoms with Crippen LogP contribution in [0, 0.1) is 19.7 Å². The van der Waals surface area contributed by atoms with Gasteiger partial charge in [0.05, 0.1) is 6.54 Å². The van der Waals surface area contributed by atoms with Crippen LogP contribution in [0.1, 0.15) is 29.5 Å². The van der Waals surface area contributed by atoms with E-state index in [0.29, 0.717) is 24.2 Å². The summed E-state index contributed by atoms with van der Waals surface area (Å²) in [6, 6.07) is 3.66. The van der Waals surface area contributed by atoms with Crippen LogP contribution in [0.2, 0.25) is 0 Å². The molecule has 4 heteroatoms. The first-order valence-electron chi connectivity index (χ1n) is 6.82. The molecule has 3 nitrogen and oxygen atoms in total. The van der Waals surface area contributed by atoms with Crippen molar-refractivity contribution in [2.24, 2.45) is 0 Å². The molecule has 1 amide bonds. The first-order chi connectivity index (χ1) is 9.08. The van der Waals surface area contributed by atoms with Crippen molar-refractivity contribution in [3.05, 3.63) is 34.6 Å². The Morgan fingerprint density at radius 2 is 1.84 bits per heavy atom. The summed E-state index contributed by atoms with van der Waals surface area (Å²) in [5.41, 5.74) is 2.33. The van der Waals surface area contributed by atoms with Gasteiger partial charge in [-0.1, -0.05) is 12.1 Å². The lowest BCUT2D eigenvalue weighted by atomic mass is 10.1. The third kappa shape index (κ3) is 3.53. The summed E-state index contributed by atoms with van der Waals surface area (Å²) in [5.74, 6) is 0.0185. The van der Waals surface area contributed by atoms with Gasteiger partial charge in [-0.25, -0.2) is 4.39 Å². The number of aryl methyl sites for hydroxylation is 2. The minimum absolute atomic E-state index is 0.142. The summed E-state index contributed by atoms with van der Waals surface area (Å²) in [4.78, 5) is 13.7. The largest absolute Gasteiger partial charge is 0.342 e. The summed E-state index contributed by atoms with van der Waals surface area (Å²) in [6.07, 6.45) is 2.23. The van der Waals surface area contributed by atoms with Crippen LogP contribution in [0.3, 0.4) is 0 Å². The van der Waals surface area contributed by atoms with Gasteiger partial charge in [0.15, 0.2) is 0 Å². The highest BCUT2D eigenvalue weighted by atomic mass is 19.1. The molecular weight excluding hydrogens is 243 g/mol. The van der Waals surface area contributed by atoms with Gasteiger partial charge in [-0.15, -0.1) is 0 Å². The number of likely N-dealkylation sites (tertiary alicyclic amines) is 1. The first-order valence-corrected chi connectivity index (χ1v) is 6.82. The zero-order valence-corrected chi connectivity index (χ0v) is 11.6. The maximum absolute atomic E-state index is 13.5. The van der Waals surface area contributed by atoms with Crippen molar-refractivity contribution in [1.29, 1.82) is 0 Å². The van der Waals surface area contributed by atoms with Crippen LogP contribution in [-0.4, -0.2) is 30.4 Å². The van der Waals surface area contributed by atoms with E-state index < -0.39 is 0 Å². The van der Waals surface area contributed by atoms with Gasteiger partial charge in [0.2, 0.25) is 5.91 Å². The predicted molar refractivity (Wildman–Crippen MR) is 73.4 cm³/mol. The van der Waals surface area contributed by atoms with Crippen LogP contribution in [0.4, 0.5) is 4.39 Å². The number of nitrogens with one attached hydrogen (secondary N) is 1. The van der Waals surface area contributed by atoms with Crippen LogP contribution in [0.25, 0.3) is 0 Å². The lowest BCUT2D eigenvalue weighted by Gasteiger charge is -2.15. The van der Waals surface area contributed by atoms with Crippen LogP contribution >= 0.6 is 0 Å². The lowest BCUT2D eigenvalue weighted by molar-refractivity contribution is -0.129. The highest BCUT2D eigenvalue weighted by Crippen LogP contribution is 2.14. The molecule has 0 unspecified atom stereocenters. The number of benzene rings is 1. The minimum atomic E-state index is -0.142. The third-order valence-corrected chi connectivity index (χ3v) is 3.56. The molecule has 2 rings (SSSR count). The monoisotopic (exact) mass is 264 g/mol. The van der Waals surface area contributed by atoms with E-state index in [2.05, 4.69) is 5.32 Å². The number of halogens is 1. The molecule has 1 aromatic rings. The molecule has 104 valence electrons. The Balaban J connectivity index is 1.84. The van der Waals surface area contributed by atoms with E-state index in [1.807, 2.05) is 17.0 Å². The molecule has 1 saturated heterocycles. The average Bonchev–Trinajstić information content (AvgIpc) is 2.89. The van der Waals surface area contributed by atoms with E-state index in [1.54, 1.807) is 13.8 Å². The molecule has 0 atom stereocenters. The molecule has 1 aliphatic rings. The number of rotatable bonds is 4. The van der Waals surface area contributed by atoms with Crippen LogP contribution in [0.5, 0.6) is 0 Å². The van der Waals surface area contributed by atoms with Gasteiger partial charge in [0.1, 0.15) is 5.82 Å². The SMILES string of the molecule is Cc1cc(CNCC(=O)N2CCCC2)cc(C)c1F. The Bertz CT molecular complexity index is 444. The van der Waals surface area contributed by atoms with E-state index in [0.717, 1.165) is 31.5 Å². The fourth-order valence-electron chi connectivity index (χ4n) is 2.53. The van der Waals surface area contributed by atoms with Crippen molar-refractivity contribution in [2.75, 3.05) is 19.6 Å². The molecule has 0 radical (unpaired) electrons. The van der Waals surface area contributed by atoms with E-state index in [4.69, 9.17) is 0 Å². The molecule has 0 aliphatic carbocycles. The normalized spacial score (nSPS) is 15.0. The zero-order chi connectivity index (χ0) is 13.8. The second kappa shape index (κ2) is 6.15. The third-order valence-electron chi connectivity index (χ3n) is 3.56. The Morgan fingerprint density at radius 3 is 2.42 bits per heavy atom. The van der Waals surface area contributed by atoms with Crippen molar-refractivity contribution < 1.29 is 9.18 Å². The second-order valence-corrected chi connectivity index (χ2v) is 5.24. The lowest BCUT2D eigenvalue weighted by Crippen LogP contribution is -2.36. The Hall–Kier alpha value is -1.42. The van der Waals surface area contributed by atoms with Gasteiger partial charge in [-0.2, -0.15) is 0 Å². The van der Waals surface area contributed by atoms with Crippen molar-refractivity contribution in [3.63, 3.8) is 0 Å². The van der Waals surface area contributed by atoms with Gasteiger partial charge in [0, 0.05) is 19.6 Å². The van der Waals surface area contributed by atoms with Crippen molar-refractivity contribution >= 4 is 5.91 Å². The summed E-state index contributed by atoms with van der Waals surface area (Å²) in [5, 5.41) is 3.14. The van der Waals surface area contributed by atoms with Crippen molar-refractivity contribution in [2.45, 2.75) is 33.2 Å². The second-order valence-electron chi connectivity index (χ2n) is 5.24. The van der Waals surface area contributed by atoms with Gasteiger partial charge >= 0.3 is 0 Å². The summed E-state index contributed by atoms with van der Waals surface area (Å²) in [7, 11) is 0. The Kier molecular flexibility index (Phi) is 4.53. The molecule has 1 N–H and O–H groups in total. The Labute approximate surface area is 113 Å². The maximum Gasteiger partial charge on any atom is 0.236 e. The molecule has 1 heterocycles. The highest BCUT2D eigenvalue weighted by Gasteiger charge is 2.16. The van der Waals surface area contributed by atoms with Crippen molar-refractivity contribution in [3.8, 4) is 0 Å². The van der Waals surface area contributed by atoms with Crippen LogP contribution in [0.15, 0.2) is 12.1 Å². The molecule has 1 fully saturated rings. The maximum atomic E-state index is 13.5. The number of hydrogen-bond donors (Lipinski definition) is 1. The standard InChI is InChI=1S/C15H21FN2O/c1-11-7-13(8-12(2)15(11)16)9-17-10-14(19)18-5-3-4-6-18/h7-8,17H,3-6,9-10H2,1-2H3. The average molecular weight is 264 g/mol. The van der Waals surface area contributed by atoms with Crippen LogP contribution < -0.4 is 5.32 Å². The van der Waals surface area contributed by atoms with Gasteiger partial charge in [0.25, 0.3) is 0 Å². The number of amides is 1. The molecule has 0 saturated carbocycles. The number of hydrogen-bond acceptors (Lipinski definition) is 2. The summed E-state index contributed by atoms with van der Waals surface area (Å²) < 4.78 is 13.5. The van der Waals surface area contributed by atoms with E-state index >= 15 is 0 Å². The number of carbonyl (C=O) groups is 1. The number of nitrogens with zero attached hydrogens (tertiary/aromatic N) is 1. The minimum Gasteiger partial charge on any atom is -0.342 e. The molecule has 1 aliphatic heterocycles. The highest BCUT2D eigenvalue weighted by molar-refractivity contribution is 5.78. The molecule has 19 heavy (non-hydrogen) atoms. The quantitative estimate of drug-likeness (QED) is 0.904. The topological polar surface area (TPSA) is 32.3 Å². The summed E-state index contributed by atoms with van der Waals surface area (Å²) in [6.45, 7) is 6.25. The van der Waals surface area contributed by atoms with Crippen LogP contribution in [-0.2, 0) is 11.3 Å². The van der Waals surface area contributed by atoms with E-state index in [1.165, 1.54) is 0 Å². The fraction of sp³-hybridized carbons (Fsp3) is 0.533. The van der Waals surface area contributed by atoms with Gasteiger partial charge in [-0.05, 0) is 43.4 Å². The van der Waals surface area contributed by atoms with Gasteiger partial charge < -0.3 is 10.2 Å². The van der Waals surface area contributed by atoms with E-state index in [-0.39, 0.29) is 11.7 Å². The molecule has 0 spiro atoms. The van der Waals surface area contributed by atoms with Gasteiger partial charge in [-0.3, -0.25) is 4.79 Å². The first kappa shape index (κ1) is 14.0. The predicted octanol–water partition coefficient (Wildman–Crippen LogP) is 2.15. The van der Waals surface area contributed by atoms with Crippen molar-refractivity contribution in [1.82, 2.24) is 10.2 Å². The fourth-order valence-corrected chi connectivity index (χ4v) is 2.53. The van der Waals surface area contributed by atoms with E-state index in [9.17, 15) is 9.18 Å². The smallest absolute Gasteiger partial charge is 0.236 e. The molecule has 1 aromatic carbocycles. The Morgan fingerprint density at radius 1 is 1.26 bits per heavy atom. The zero-order valence-electron chi connectivity index (χ0n) is 11.6. The number of carbonyl (C=O) groups excluding carboxylic acids is 1. The summed E-state index contributed by atoms with van der Waals surface area (Å²) >= 11 is 0. The molecule has 0 aromatic heterocycles.